The van der Waals surface area contributed by atoms with Gasteiger partial charge in [-0.3, -0.25) is 9.69 Å². The molecule has 3 aromatic rings. The van der Waals surface area contributed by atoms with E-state index in [0.29, 0.717) is 42.8 Å². The van der Waals surface area contributed by atoms with E-state index >= 15 is 4.79 Å². The van der Waals surface area contributed by atoms with Gasteiger partial charge in [0.05, 0.1) is 24.4 Å². The number of hydrogen-bond donors (Lipinski definition) is 0. The summed E-state index contributed by atoms with van der Waals surface area (Å²) < 4.78 is 41.2. The summed E-state index contributed by atoms with van der Waals surface area (Å²) in [5.41, 5.74) is 0.312. The minimum absolute atomic E-state index is 0.00638. The number of ether oxygens (including phenoxy) is 2. The van der Waals surface area contributed by atoms with E-state index in [1.807, 2.05) is 18.2 Å². The van der Waals surface area contributed by atoms with Gasteiger partial charge in [0.1, 0.15) is 9.96 Å². The van der Waals surface area contributed by atoms with Crippen molar-refractivity contribution in [2.75, 3.05) is 45.1 Å². The van der Waals surface area contributed by atoms with E-state index in [4.69, 9.17) is 9.47 Å². The number of nitrogens with zero attached hydrogens (tertiary/aromatic N) is 5. The van der Waals surface area contributed by atoms with Gasteiger partial charge in [0.2, 0.25) is 0 Å². The molecule has 3 aliphatic heterocycles. The van der Waals surface area contributed by atoms with Gasteiger partial charge in [-0.25, -0.2) is 9.69 Å². The summed E-state index contributed by atoms with van der Waals surface area (Å²) in [5.74, 6) is -0.354. The largest absolute Gasteiger partial charge is 0.496 e. The molecule has 0 aliphatic carbocycles. The molecule has 0 saturated carbocycles. The number of sulfonamides is 1. The van der Waals surface area contributed by atoms with E-state index in [9.17, 15) is 18.5 Å². The standard InChI is InChI=1S/C32H35N5O6S2/c1-34(2)31(39)43-28-8-6-16-36(28)32(24-12-10-23(19-27(24)42-3)21-35-14-4-5-15-35)25-18-22(20-33)11-13-26(25)37(30(32)38)45(40,41)29-9-7-17-44-29/h7,9-13,17-19,28H,4-6,8,14-16,21H2,1-3H3/t28-,32?/m0/s1. The van der Waals surface area contributed by atoms with Crippen LogP contribution < -0.4 is 9.04 Å². The fraction of sp³-hybridized carbons (Fsp3) is 0.406. The highest BCUT2D eigenvalue weighted by Gasteiger charge is 2.63. The van der Waals surface area contributed by atoms with Crippen molar-refractivity contribution in [1.29, 1.82) is 5.26 Å². The lowest BCUT2D eigenvalue weighted by molar-refractivity contribution is -0.132. The molecule has 1 aromatic heterocycles. The van der Waals surface area contributed by atoms with Gasteiger partial charge in [0.25, 0.3) is 15.9 Å². The number of carbonyl (C=O) groups is 2. The summed E-state index contributed by atoms with van der Waals surface area (Å²) in [7, 11) is 0.312. The van der Waals surface area contributed by atoms with Crippen LogP contribution in [0.5, 0.6) is 5.75 Å². The van der Waals surface area contributed by atoms with Crippen LogP contribution in [0.3, 0.4) is 0 Å². The van der Waals surface area contributed by atoms with Gasteiger partial charge < -0.3 is 14.4 Å². The monoisotopic (exact) mass is 649 g/mol. The number of carbonyl (C=O) groups excluding carboxylic acids is 2. The third kappa shape index (κ3) is 5.15. The van der Waals surface area contributed by atoms with Crippen molar-refractivity contribution in [3.8, 4) is 11.8 Å². The van der Waals surface area contributed by atoms with Gasteiger partial charge in [0.15, 0.2) is 11.8 Å². The Labute approximate surface area is 267 Å². The molecule has 2 aromatic carbocycles. The van der Waals surface area contributed by atoms with Gasteiger partial charge in [0, 0.05) is 38.3 Å². The highest BCUT2D eigenvalue weighted by atomic mass is 32.2. The molecule has 6 rings (SSSR count). The fourth-order valence-corrected chi connectivity index (χ4v) is 9.20. The van der Waals surface area contributed by atoms with Crippen LogP contribution in [0.4, 0.5) is 10.5 Å². The number of methoxy groups -OCH3 is 1. The fourth-order valence-electron chi connectivity index (χ4n) is 6.67. The average Bonchev–Trinajstić information content (AvgIpc) is 3.85. The third-order valence-corrected chi connectivity index (χ3v) is 11.8. The van der Waals surface area contributed by atoms with Crippen molar-refractivity contribution < 1.29 is 27.5 Å². The molecule has 2 amide bonds. The van der Waals surface area contributed by atoms with Crippen LogP contribution in [-0.2, 0) is 31.6 Å². The summed E-state index contributed by atoms with van der Waals surface area (Å²) in [6.45, 7) is 3.02. The summed E-state index contributed by atoms with van der Waals surface area (Å²) >= 11 is 1.01. The van der Waals surface area contributed by atoms with E-state index in [1.165, 1.54) is 30.2 Å². The predicted octanol–water partition coefficient (Wildman–Crippen LogP) is 4.32. The molecular formula is C32H35N5O6S2. The van der Waals surface area contributed by atoms with Crippen molar-refractivity contribution in [3.63, 3.8) is 0 Å². The maximum absolute atomic E-state index is 15.2. The molecule has 2 atom stereocenters. The Hall–Kier alpha value is -3.96. The molecule has 2 fully saturated rings. The van der Waals surface area contributed by atoms with E-state index in [-0.39, 0.29) is 15.5 Å². The smallest absolute Gasteiger partial charge is 0.410 e. The normalized spacial score (nSPS) is 22.0. The lowest BCUT2D eigenvalue weighted by Crippen LogP contribution is -2.57. The van der Waals surface area contributed by atoms with E-state index in [0.717, 1.165) is 47.1 Å². The van der Waals surface area contributed by atoms with Crippen molar-refractivity contribution >= 4 is 39.0 Å². The quantitative estimate of drug-likeness (QED) is 0.351. The Morgan fingerprint density at radius 1 is 1.09 bits per heavy atom. The molecular weight excluding hydrogens is 615 g/mol. The van der Waals surface area contributed by atoms with Crippen LogP contribution in [0.15, 0.2) is 58.1 Å². The second-order valence-electron chi connectivity index (χ2n) is 11.6. The van der Waals surface area contributed by atoms with Crippen LogP contribution >= 0.6 is 11.3 Å². The maximum Gasteiger partial charge on any atom is 0.410 e. The highest BCUT2D eigenvalue weighted by Crippen LogP contribution is 2.55. The lowest BCUT2D eigenvalue weighted by atomic mass is 9.80. The number of hydrogen-bond acceptors (Lipinski definition) is 10. The zero-order valence-electron chi connectivity index (χ0n) is 25.4. The number of thiophene rings is 1. The molecule has 0 bridgehead atoms. The molecule has 0 radical (unpaired) electrons. The number of fused-ring (bicyclic) bond motifs is 1. The minimum atomic E-state index is -4.35. The second-order valence-corrected chi connectivity index (χ2v) is 14.6. The Bertz CT molecular complexity index is 1760. The summed E-state index contributed by atoms with van der Waals surface area (Å²) in [6, 6.07) is 15.4. The molecule has 2 saturated heterocycles. The zero-order valence-corrected chi connectivity index (χ0v) is 27.1. The van der Waals surface area contributed by atoms with Gasteiger partial charge in [-0.05, 0) is 80.0 Å². The van der Waals surface area contributed by atoms with Crippen molar-refractivity contribution in [2.24, 2.45) is 0 Å². The molecule has 236 valence electrons. The van der Waals surface area contributed by atoms with Crippen LogP contribution in [0, 0.1) is 11.3 Å². The maximum atomic E-state index is 15.2. The Morgan fingerprint density at radius 3 is 2.53 bits per heavy atom. The second kappa shape index (κ2) is 12.1. The molecule has 1 unspecified atom stereocenters. The SMILES string of the molecule is COc1cc(CN2CCCC2)ccc1C1(N2CCC[C@@H]2OC(=O)N(C)C)C(=O)N(S(=O)(=O)c2cccs2)c2ccc(C#N)cc21. The molecule has 13 heteroatoms. The molecule has 4 heterocycles. The van der Waals surface area contributed by atoms with Gasteiger partial charge in [-0.15, -0.1) is 11.3 Å². The van der Waals surface area contributed by atoms with Crippen LogP contribution in [0.1, 0.15) is 47.9 Å². The number of anilines is 1. The number of amides is 2. The van der Waals surface area contributed by atoms with Crippen LogP contribution in [0.2, 0.25) is 0 Å². The first kappa shape index (κ1) is 31.0. The number of likely N-dealkylation sites (tertiary alicyclic amines) is 2. The molecule has 3 aliphatic rings. The van der Waals surface area contributed by atoms with Crippen molar-refractivity contribution in [2.45, 2.75) is 48.2 Å². The Morgan fingerprint density at radius 2 is 1.87 bits per heavy atom. The summed E-state index contributed by atoms with van der Waals surface area (Å²) in [5, 5.41) is 11.6. The first-order valence-electron chi connectivity index (χ1n) is 14.8. The Balaban J connectivity index is 1.61. The number of nitriles is 1. The van der Waals surface area contributed by atoms with Crippen LogP contribution in [-0.4, -0.2) is 82.2 Å². The van der Waals surface area contributed by atoms with Gasteiger partial charge >= 0.3 is 6.09 Å². The molecule has 11 nitrogen and oxygen atoms in total. The van der Waals surface area contributed by atoms with Crippen molar-refractivity contribution in [3.05, 3.63) is 76.2 Å². The third-order valence-electron chi connectivity index (χ3n) is 8.71. The Kier molecular flexibility index (Phi) is 8.34. The first-order chi connectivity index (χ1) is 21.6. The molecule has 0 N–H and O–H groups in total. The van der Waals surface area contributed by atoms with Gasteiger partial charge in [-0.1, -0.05) is 18.2 Å². The van der Waals surface area contributed by atoms with Crippen LogP contribution in [0.25, 0.3) is 0 Å². The van der Waals surface area contributed by atoms with E-state index < -0.39 is 33.8 Å². The van der Waals surface area contributed by atoms with Crippen molar-refractivity contribution in [1.82, 2.24) is 14.7 Å². The lowest BCUT2D eigenvalue weighted by Gasteiger charge is -2.41. The zero-order chi connectivity index (χ0) is 31.9. The minimum Gasteiger partial charge on any atom is -0.496 e. The van der Waals surface area contributed by atoms with E-state index in [2.05, 4.69) is 11.0 Å². The summed E-state index contributed by atoms with van der Waals surface area (Å²) in [4.78, 5) is 33.5. The predicted molar refractivity (Wildman–Crippen MR) is 168 cm³/mol. The summed E-state index contributed by atoms with van der Waals surface area (Å²) in [6.07, 6.45) is 1.84. The number of benzene rings is 2. The molecule has 45 heavy (non-hydrogen) atoms. The average molecular weight is 650 g/mol. The van der Waals surface area contributed by atoms with E-state index in [1.54, 1.807) is 36.5 Å². The van der Waals surface area contributed by atoms with Gasteiger partial charge in [-0.2, -0.15) is 18.0 Å². The first-order valence-corrected chi connectivity index (χ1v) is 17.2. The number of rotatable bonds is 8. The molecule has 0 spiro atoms. The topological polar surface area (TPSA) is 123 Å². The highest BCUT2D eigenvalue weighted by molar-refractivity contribution is 7.95.